The normalized spacial score (nSPS) is 24.5. The van der Waals surface area contributed by atoms with E-state index in [4.69, 9.17) is 14.2 Å². The standard InChI is InChI=1S/C23H28N2O4/c1-5-14-12-25-10-9-15-21-18(7-6-8-20(21)28-3)24-22(15)19(25)11-16(14)17(13-27-2)23(26)29-4/h5-8,13-14,16,19,24H,1,9-12H2,2-4H3. The first-order chi connectivity index (χ1) is 14.1. The Hall–Kier alpha value is -2.73. The number of hydrogen-bond acceptors (Lipinski definition) is 5. The van der Waals surface area contributed by atoms with Crippen LogP contribution in [0.1, 0.15) is 23.7 Å². The van der Waals surface area contributed by atoms with E-state index >= 15 is 0 Å². The van der Waals surface area contributed by atoms with Crippen molar-refractivity contribution in [1.82, 2.24) is 9.88 Å². The molecule has 2 aromatic rings. The number of esters is 1. The molecule has 1 N–H and O–H groups in total. The lowest BCUT2D eigenvalue weighted by atomic mass is 9.75. The number of ether oxygens (including phenoxy) is 3. The fourth-order valence-electron chi connectivity index (χ4n) is 5.04. The molecule has 3 atom stereocenters. The zero-order chi connectivity index (χ0) is 20.5. The zero-order valence-electron chi connectivity index (χ0n) is 17.2. The number of benzene rings is 1. The molecule has 6 nitrogen and oxygen atoms in total. The van der Waals surface area contributed by atoms with Crippen LogP contribution >= 0.6 is 0 Å². The number of nitrogens with one attached hydrogen (secondary N) is 1. The molecule has 0 bridgehead atoms. The van der Waals surface area contributed by atoms with E-state index in [0.717, 1.165) is 37.2 Å². The number of H-pyrrole nitrogens is 1. The molecule has 2 aliphatic heterocycles. The maximum absolute atomic E-state index is 12.4. The number of carbonyl (C=O) groups excluding carboxylic acids is 1. The Morgan fingerprint density at radius 3 is 2.83 bits per heavy atom. The fourth-order valence-corrected chi connectivity index (χ4v) is 5.04. The van der Waals surface area contributed by atoms with Crippen LogP contribution in [0.4, 0.5) is 0 Å². The molecule has 154 valence electrons. The number of nitrogens with zero attached hydrogens (tertiary/aromatic N) is 1. The number of fused-ring (bicyclic) bond motifs is 5. The van der Waals surface area contributed by atoms with Crippen LogP contribution in [-0.4, -0.2) is 50.3 Å². The van der Waals surface area contributed by atoms with Crippen molar-refractivity contribution in [3.05, 3.63) is 53.9 Å². The minimum atomic E-state index is -0.341. The summed E-state index contributed by atoms with van der Waals surface area (Å²) in [6, 6.07) is 6.31. The van der Waals surface area contributed by atoms with Gasteiger partial charge in [0.25, 0.3) is 0 Å². The fraction of sp³-hybridized carbons (Fsp3) is 0.435. The smallest absolute Gasteiger partial charge is 0.337 e. The Bertz CT molecular complexity index is 961. The summed E-state index contributed by atoms with van der Waals surface area (Å²) < 4.78 is 15.9. The first-order valence-corrected chi connectivity index (χ1v) is 9.98. The molecule has 0 radical (unpaired) electrons. The summed E-state index contributed by atoms with van der Waals surface area (Å²) >= 11 is 0. The van der Waals surface area contributed by atoms with Crippen LogP contribution in [0.25, 0.3) is 10.9 Å². The molecule has 1 fully saturated rings. The molecule has 3 unspecified atom stereocenters. The summed E-state index contributed by atoms with van der Waals surface area (Å²) in [7, 11) is 4.68. The Labute approximate surface area is 171 Å². The highest BCUT2D eigenvalue weighted by atomic mass is 16.5. The topological polar surface area (TPSA) is 63.8 Å². The van der Waals surface area contributed by atoms with Gasteiger partial charge < -0.3 is 19.2 Å². The molecular weight excluding hydrogens is 368 g/mol. The number of rotatable bonds is 5. The van der Waals surface area contributed by atoms with E-state index in [1.807, 2.05) is 18.2 Å². The van der Waals surface area contributed by atoms with E-state index < -0.39 is 0 Å². The van der Waals surface area contributed by atoms with Crippen LogP contribution < -0.4 is 4.74 Å². The predicted octanol–water partition coefficient (Wildman–Crippen LogP) is 3.60. The molecule has 2 aliphatic rings. The van der Waals surface area contributed by atoms with Gasteiger partial charge in [-0.2, -0.15) is 0 Å². The van der Waals surface area contributed by atoms with Crippen molar-refractivity contribution in [2.45, 2.75) is 18.9 Å². The maximum Gasteiger partial charge on any atom is 0.337 e. The summed E-state index contributed by atoms with van der Waals surface area (Å²) in [6.07, 6.45) is 5.25. The second-order valence-electron chi connectivity index (χ2n) is 7.70. The van der Waals surface area contributed by atoms with E-state index in [9.17, 15) is 4.79 Å². The average Bonchev–Trinajstić information content (AvgIpc) is 3.15. The first-order valence-electron chi connectivity index (χ1n) is 9.98. The van der Waals surface area contributed by atoms with Crippen molar-refractivity contribution in [3.8, 4) is 5.75 Å². The van der Waals surface area contributed by atoms with Crippen LogP contribution in [0.15, 0.2) is 42.7 Å². The molecule has 1 aromatic heterocycles. The van der Waals surface area contributed by atoms with Crippen molar-refractivity contribution in [2.24, 2.45) is 11.8 Å². The number of carbonyl (C=O) groups is 1. The molecule has 6 heteroatoms. The predicted molar refractivity (Wildman–Crippen MR) is 112 cm³/mol. The molecule has 29 heavy (non-hydrogen) atoms. The number of hydrogen-bond donors (Lipinski definition) is 1. The Morgan fingerprint density at radius 2 is 2.14 bits per heavy atom. The van der Waals surface area contributed by atoms with Gasteiger partial charge in [-0.05, 0) is 36.5 Å². The number of methoxy groups -OCH3 is 3. The van der Waals surface area contributed by atoms with Gasteiger partial charge in [-0.3, -0.25) is 4.90 Å². The highest BCUT2D eigenvalue weighted by molar-refractivity contribution is 5.91. The average molecular weight is 396 g/mol. The van der Waals surface area contributed by atoms with E-state index in [1.54, 1.807) is 14.2 Å². The van der Waals surface area contributed by atoms with Crippen molar-refractivity contribution in [3.63, 3.8) is 0 Å². The molecule has 0 saturated carbocycles. The summed E-state index contributed by atoms with van der Waals surface area (Å²) in [5, 5.41) is 1.17. The summed E-state index contributed by atoms with van der Waals surface area (Å²) in [6.45, 7) is 5.85. The molecule has 0 spiro atoms. The monoisotopic (exact) mass is 396 g/mol. The van der Waals surface area contributed by atoms with Crippen LogP contribution in [-0.2, 0) is 20.7 Å². The van der Waals surface area contributed by atoms with Gasteiger partial charge in [-0.1, -0.05) is 12.1 Å². The second kappa shape index (κ2) is 7.95. The van der Waals surface area contributed by atoms with E-state index in [0.29, 0.717) is 5.57 Å². The summed E-state index contributed by atoms with van der Waals surface area (Å²) in [5.41, 5.74) is 4.22. The minimum Gasteiger partial charge on any atom is -0.504 e. The van der Waals surface area contributed by atoms with Gasteiger partial charge in [0.15, 0.2) is 0 Å². The Balaban J connectivity index is 1.77. The number of piperidine rings is 1. The summed E-state index contributed by atoms with van der Waals surface area (Å²) in [5.74, 6) is 0.707. The minimum absolute atomic E-state index is 0.0135. The molecule has 4 rings (SSSR count). The van der Waals surface area contributed by atoms with Gasteiger partial charge in [0.05, 0.1) is 39.2 Å². The van der Waals surface area contributed by atoms with Gasteiger partial charge in [0.2, 0.25) is 0 Å². The Morgan fingerprint density at radius 1 is 1.31 bits per heavy atom. The van der Waals surface area contributed by atoms with Crippen LogP contribution in [0.3, 0.4) is 0 Å². The van der Waals surface area contributed by atoms with Gasteiger partial charge in [0.1, 0.15) is 5.75 Å². The van der Waals surface area contributed by atoms with E-state index in [1.165, 1.54) is 30.0 Å². The lowest BCUT2D eigenvalue weighted by Crippen LogP contribution is -2.46. The number of aromatic nitrogens is 1. The van der Waals surface area contributed by atoms with Gasteiger partial charge in [0, 0.05) is 35.6 Å². The van der Waals surface area contributed by atoms with Crippen LogP contribution in [0, 0.1) is 11.8 Å². The molecule has 0 amide bonds. The SMILES string of the molecule is C=CC1CN2CCc3c([nH]c4cccc(OC)c34)C2CC1C(=COC)C(=O)OC. The van der Waals surface area contributed by atoms with Gasteiger partial charge in [-0.25, -0.2) is 4.79 Å². The largest absolute Gasteiger partial charge is 0.504 e. The molecule has 1 aromatic carbocycles. The molecule has 3 heterocycles. The number of aromatic amines is 1. The third kappa shape index (κ3) is 3.21. The molecule has 1 saturated heterocycles. The lowest BCUT2D eigenvalue weighted by Gasteiger charge is -2.45. The third-order valence-corrected chi connectivity index (χ3v) is 6.37. The van der Waals surface area contributed by atoms with Crippen LogP contribution in [0.2, 0.25) is 0 Å². The third-order valence-electron chi connectivity index (χ3n) is 6.37. The first kappa shape index (κ1) is 19.6. The zero-order valence-corrected chi connectivity index (χ0v) is 17.2. The molecular formula is C23H28N2O4. The van der Waals surface area contributed by atoms with Crippen molar-refractivity contribution >= 4 is 16.9 Å². The second-order valence-corrected chi connectivity index (χ2v) is 7.70. The van der Waals surface area contributed by atoms with E-state index in [2.05, 4.69) is 22.5 Å². The van der Waals surface area contributed by atoms with Gasteiger partial charge in [-0.15, -0.1) is 6.58 Å². The maximum atomic E-state index is 12.4. The Kier molecular flexibility index (Phi) is 5.37. The highest BCUT2D eigenvalue weighted by Gasteiger charge is 2.42. The van der Waals surface area contributed by atoms with Gasteiger partial charge >= 0.3 is 5.97 Å². The summed E-state index contributed by atoms with van der Waals surface area (Å²) in [4.78, 5) is 18.6. The lowest BCUT2D eigenvalue weighted by molar-refractivity contribution is -0.137. The van der Waals surface area contributed by atoms with Crippen molar-refractivity contribution in [1.29, 1.82) is 0 Å². The van der Waals surface area contributed by atoms with Crippen LogP contribution in [0.5, 0.6) is 5.75 Å². The van der Waals surface area contributed by atoms with E-state index in [-0.39, 0.29) is 23.8 Å². The molecule has 0 aliphatic carbocycles. The van der Waals surface area contributed by atoms with Crippen molar-refractivity contribution < 1.29 is 19.0 Å². The quantitative estimate of drug-likeness (QED) is 0.362. The van der Waals surface area contributed by atoms with Crippen molar-refractivity contribution in [2.75, 3.05) is 34.4 Å². The highest BCUT2D eigenvalue weighted by Crippen LogP contribution is 2.46.